The van der Waals surface area contributed by atoms with Crippen LogP contribution in [0.15, 0.2) is 54.6 Å². The molecule has 190 valence electrons. The van der Waals surface area contributed by atoms with E-state index in [-0.39, 0.29) is 0 Å². The van der Waals surface area contributed by atoms with Crippen molar-refractivity contribution in [1.29, 1.82) is 0 Å². The number of halogens is 2. The highest BCUT2D eigenvalue weighted by atomic mass is 35.5. The van der Waals surface area contributed by atoms with E-state index in [0.29, 0.717) is 41.6 Å². The molecule has 2 aromatic heterocycles. The molecule has 7 nitrogen and oxygen atoms in total. The molecular formula is C26H30Cl2N5O2P. The number of hydrogen-bond acceptors (Lipinski definition) is 5. The molecule has 0 bridgehead atoms. The van der Waals surface area contributed by atoms with Crippen LogP contribution in [0.1, 0.15) is 32.5 Å². The maximum absolute atomic E-state index is 10.2. The number of hydrogen-bond donors (Lipinski definition) is 1. The van der Waals surface area contributed by atoms with Gasteiger partial charge < -0.3 is 10.0 Å². The zero-order valence-corrected chi connectivity index (χ0v) is 23.2. The van der Waals surface area contributed by atoms with Gasteiger partial charge in [0.25, 0.3) is 0 Å². The molecule has 0 spiro atoms. The van der Waals surface area contributed by atoms with E-state index in [2.05, 4.69) is 19.4 Å². The van der Waals surface area contributed by atoms with Crippen LogP contribution < -0.4 is 0 Å². The van der Waals surface area contributed by atoms with Gasteiger partial charge in [-0.15, -0.1) is 19.4 Å². The zero-order valence-electron chi connectivity index (χ0n) is 20.5. The molecule has 0 aliphatic carbocycles. The van der Waals surface area contributed by atoms with Gasteiger partial charge in [0, 0.05) is 29.2 Å². The van der Waals surface area contributed by atoms with Crippen molar-refractivity contribution in [3.05, 3.63) is 70.5 Å². The van der Waals surface area contributed by atoms with Crippen molar-refractivity contribution in [2.24, 2.45) is 0 Å². The highest BCUT2D eigenvalue weighted by Crippen LogP contribution is 2.35. The number of carbonyl (C=O) groups excluding carboxylic acids is 1. The Morgan fingerprint density at radius 1 is 1.00 bits per heavy atom. The molecule has 3 heterocycles. The summed E-state index contributed by atoms with van der Waals surface area (Å²) in [4.78, 5) is 11.9. The molecule has 5 rings (SSSR count). The number of likely N-dealkylation sites (tertiary alicyclic amines) is 1. The smallest absolute Gasteiger partial charge is 0.209 e. The van der Waals surface area contributed by atoms with E-state index in [1.54, 1.807) is 9.42 Å². The van der Waals surface area contributed by atoms with E-state index in [4.69, 9.17) is 28.3 Å². The van der Waals surface area contributed by atoms with Crippen LogP contribution in [0.5, 0.6) is 0 Å². The van der Waals surface area contributed by atoms with Crippen molar-refractivity contribution < 1.29 is 9.90 Å². The molecule has 1 amide bonds. The number of benzene rings is 2. The summed E-state index contributed by atoms with van der Waals surface area (Å²) >= 11 is 12.4. The average molecular weight is 546 g/mol. The average Bonchev–Trinajstić information content (AvgIpc) is 3.25. The molecule has 2 aromatic carbocycles. The SMILES string of the molecule is CC.Cc1nnc2cc(-c3ccc(Cl)cc3)c(-c3ccccc3Cl)nn12.O=CN1CCC(O)(P)CC1. The summed E-state index contributed by atoms with van der Waals surface area (Å²) in [6.45, 7) is 7.21. The largest absolute Gasteiger partial charge is 0.386 e. The third kappa shape index (κ3) is 6.80. The van der Waals surface area contributed by atoms with Gasteiger partial charge in [-0.2, -0.15) is 9.61 Å². The van der Waals surface area contributed by atoms with Crippen LogP contribution in [0.3, 0.4) is 0 Å². The van der Waals surface area contributed by atoms with Crippen molar-refractivity contribution in [1.82, 2.24) is 24.7 Å². The number of nitrogens with zero attached hydrogens (tertiary/aromatic N) is 5. The molecule has 0 radical (unpaired) electrons. The van der Waals surface area contributed by atoms with Gasteiger partial charge in [0.1, 0.15) is 5.69 Å². The predicted octanol–water partition coefficient (Wildman–Crippen LogP) is 5.90. The lowest BCUT2D eigenvalue weighted by atomic mass is 10.00. The fourth-order valence-electron chi connectivity index (χ4n) is 3.66. The highest BCUT2D eigenvalue weighted by Gasteiger charge is 2.26. The van der Waals surface area contributed by atoms with Crippen molar-refractivity contribution >= 4 is 44.5 Å². The molecule has 4 aromatic rings. The number of aromatic nitrogens is 4. The van der Waals surface area contributed by atoms with Gasteiger partial charge in [-0.05, 0) is 49.6 Å². The topological polar surface area (TPSA) is 83.6 Å². The Balaban J connectivity index is 0.000000253. The lowest BCUT2D eigenvalue weighted by Crippen LogP contribution is -2.39. The summed E-state index contributed by atoms with van der Waals surface area (Å²) in [6, 6.07) is 17.2. The van der Waals surface area contributed by atoms with Gasteiger partial charge in [-0.1, -0.05) is 67.4 Å². The first-order chi connectivity index (χ1) is 17.3. The number of fused-ring (bicyclic) bond motifs is 1. The normalized spacial score (nSPS) is 14.4. The van der Waals surface area contributed by atoms with E-state index in [9.17, 15) is 9.90 Å². The summed E-state index contributed by atoms with van der Waals surface area (Å²) < 4.78 is 1.72. The summed E-state index contributed by atoms with van der Waals surface area (Å²) in [6.07, 6.45) is 2.16. The number of aliphatic hydroxyl groups is 1. The van der Waals surface area contributed by atoms with Gasteiger partial charge in [0.2, 0.25) is 6.41 Å². The van der Waals surface area contributed by atoms with E-state index in [0.717, 1.165) is 34.6 Å². The molecule has 1 N–H and O–H groups in total. The monoisotopic (exact) mass is 545 g/mol. The summed E-state index contributed by atoms with van der Waals surface area (Å²) in [5.41, 5.74) is 4.25. The Hall–Kier alpha value is -2.57. The quantitative estimate of drug-likeness (QED) is 0.256. The van der Waals surface area contributed by atoms with Crippen LogP contribution in [-0.2, 0) is 4.79 Å². The van der Waals surface area contributed by atoms with Gasteiger partial charge in [-0.3, -0.25) is 4.79 Å². The van der Waals surface area contributed by atoms with Crippen molar-refractivity contribution in [3.8, 4) is 22.4 Å². The number of rotatable bonds is 3. The Morgan fingerprint density at radius 2 is 1.64 bits per heavy atom. The molecule has 1 aliphatic heterocycles. The second kappa shape index (κ2) is 12.6. The molecule has 1 aliphatic rings. The van der Waals surface area contributed by atoms with Crippen LogP contribution in [0.25, 0.3) is 28.0 Å². The van der Waals surface area contributed by atoms with Crippen LogP contribution in [0.2, 0.25) is 10.0 Å². The molecule has 0 saturated carbocycles. The second-order valence-corrected chi connectivity index (χ2v) is 10.1. The van der Waals surface area contributed by atoms with Crippen LogP contribution in [-0.4, -0.2) is 54.7 Å². The fraction of sp³-hybridized carbons (Fsp3) is 0.308. The zero-order chi connectivity index (χ0) is 26.3. The Kier molecular flexibility index (Phi) is 9.80. The van der Waals surface area contributed by atoms with Crippen LogP contribution in [0, 0.1) is 6.92 Å². The molecule has 1 atom stereocenters. The Bertz CT molecular complexity index is 1300. The minimum Gasteiger partial charge on any atom is -0.386 e. The number of aryl methyl sites for hydroxylation is 1. The molecule has 1 unspecified atom stereocenters. The number of piperidine rings is 1. The second-order valence-electron chi connectivity index (χ2n) is 8.16. The summed E-state index contributed by atoms with van der Waals surface area (Å²) in [7, 11) is 2.41. The third-order valence-electron chi connectivity index (χ3n) is 5.65. The molecule has 1 fully saturated rings. The first-order valence-corrected chi connectivity index (χ1v) is 13.1. The van der Waals surface area contributed by atoms with E-state index in [1.807, 2.05) is 75.4 Å². The molecule has 1 saturated heterocycles. The van der Waals surface area contributed by atoms with Crippen molar-refractivity contribution in [2.75, 3.05) is 13.1 Å². The van der Waals surface area contributed by atoms with E-state index < -0.39 is 5.34 Å². The molecule has 36 heavy (non-hydrogen) atoms. The third-order valence-corrected chi connectivity index (χ3v) is 6.81. The lowest BCUT2D eigenvalue weighted by Gasteiger charge is -2.33. The van der Waals surface area contributed by atoms with Gasteiger partial charge in [-0.25, -0.2) is 0 Å². The Labute approximate surface area is 223 Å². The minimum absolute atomic E-state index is 0.625. The number of carbonyl (C=O) groups is 1. The van der Waals surface area contributed by atoms with Gasteiger partial charge >= 0.3 is 0 Å². The number of amides is 1. The maximum Gasteiger partial charge on any atom is 0.209 e. The maximum atomic E-state index is 10.2. The predicted molar refractivity (Wildman–Crippen MR) is 149 cm³/mol. The summed E-state index contributed by atoms with van der Waals surface area (Å²) in [5, 5.41) is 23.1. The fourth-order valence-corrected chi connectivity index (χ4v) is 4.27. The lowest BCUT2D eigenvalue weighted by molar-refractivity contribution is -0.120. The van der Waals surface area contributed by atoms with Crippen molar-refractivity contribution in [3.63, 3.8) is 0 Å². The highest BCUT2D eigenvalue weighted by molar-refractivity contribution is 7.18. The first kappa shape index (κ1) is 28.0. The molecular weight excluding hydrogens is 516 g/mol. The standard InChI is InChI=1S/C18H12Cl2N4.C6H12NO2P.C2H6/c1-11-21-22-17-10-15(12-6-8-13(19)9-7-12)18(23-24(11)17)14-4-2-3-5-16(14)20;8-5-7-3-1-6(9,10)2-4-7;1-2/h2-10H,1H3;5,9H,1-4,10H2;1-2H3. The van der Waals surface area contributed by atoms with Crippen LogP contribution >= 0.6 is 32.4 Å². The van der Waals surface area contributed by atoms with Gasteiger partial charge in [0.15, 0.2) is 11.5 Å². The van der Waals surface area contributed by atoms with Crippen LogP contribution in [0.4, 0.5) is 0 Å². The van der Waals surface area contributed by atoms with E-state index in [1.165, 1.54) is 0 Å². The van der Waals surface area contributed by atoms with Gasteiger partial charge in [0.05, 0.1) is 10.4 Å². The van der Waals surface area contributed by atoms with E-state index >= 15 is 0 Å². The first-order valence-electron chi connectivity index (χ1n) is 11.7. The van der Waals surface area contributed by atoms with Crippen molar-refractivity contribution in [2.45, 2.75) is 39.0 Å². The minimum atomic E-state index is -0.625. The molecule has 10 heteroatoms. The Morgan fingerprint density at radius 3 is 2.25 bits per heavy atom. The summed E-state index contributed by atoms with van der Waals surface area (Å²) in [5.74, 6) is 0.723.